The quantitative estimate of drug-likeness (QED) is 0.504. The molecule has 0 saturated heterocycles. The molecule has 0 radical (unpaired) electrons. The van der Waals surface area contributed by atoms with Gasteiger partial charge >= 0.3 is 5.97 Å². The van der Waals surface area contributed by atoms with Gasteiger partial charge in [-0.2, -0.15) is 0 Å². The minimum Gasteiger partial charge on any atom is -0.480 e. The van der Waals surface area contributed by atoms with Crippen LogP contribution in [0, 0.1) is 60.4 Å². The van der Waals surface area contributed by atoms with E-state index in [-0.39, 0.29) is 6.42 Å². The van der Waals surface area contributed by atoms with Gasteiger partial charge in [0, 0.05) is 12.3 Å². The highest BCUT2D eigenvalue weighted by Gasteiger charge is 2.15. The summed E-state index contributed by atoms with van der Waals surface area (Å²) in [5, 5.41) is 8.77. The summed E-state index contributed by atoms with van der Waals surface area (Å²) in [5.41, 5.74) is 2.19. The second kappa shape index (κ2) is 9.58. The zero-order valence-electron chi connectivity index (χ0n) is 8.70. The maximum Gasteiger partial charge on any atom is 0.325 e. The number of carbonyl (C=O) groups is 1. The average Bonchev–Trinajstić information content (AvgIpc) is 2.31. The third kappa shape index (κ3) is 8.05. The van der Waals surface area contributed by atoms with E-state index in [9.17, 15) is 4.79 Å². The third-order valence-electron chi connectivity index (χ3n) is 1.27. The van der Waals surface area contributed by atoms with Gasteiger partial charge in [-0.05, 0) is 29.6 Å². The largest absolute Gasteiger partial charge is 0.480 e. The van der Waals surface area contributed by atoms with Crippen molar-refractivity contribution in [1.82, 2.24) is 5.48 Å². The molecule has 0 aromatic carbocycles. The van der Waals surface area contributed by atoms with Crippen LogP contribution in [-0.2, 0) is 9.63 Å². The van der Waals surface area contributed by atoms with Gasteiger partial charge in [0.1, 0.15) is 0 Å². The highest BCUT2D eigenvalue weighted by atomic mass is 16.6. The van der Waals surface area contributed by atoms with Gasteiger partial charge < -0.3 is 9.94 Å². The van der Waals surface area contributed by atoms with Crippen LogP contribution in [0.1, 0.15) is 6.42 Å². The summed E-state index contributed by atoms with van der Waals surface area (Å²) in [6.45, 7) is 0. The molecular weight excluding hydrogens is 218 g/mol. The fourth-order valence-corrected chi connectivity index (χ4v) is 0.600. The van der Waals surface area contributed by atoms with Crippen LogP contribution >= 0.6 is 0 Å². The summed E-state index contributed by atoms with van der Waals surface area (Å²) >= 11 is 0. The standard InChI is InChI=1S/C13H7NO3/c1-3-5-7-8-9-10-12(13(15)16)14-17-11-6-4-2/h1-2,12,14H,10H2,(H,15,16). The van der Waals surface area contributed by atoms with Gasteiger partial charge in [-0.1, -0.05) is 5.92 Å². The van der Waals surface area contributed by atoms with Crippen molar-refractivity contribution >= 4 is 5.97 Å². The molecule has 0 aliphatic heterocycles. The summed E-state index contributed by atoms with van der Waals surface area (Å²) in [4.78, 5) is 15.2. The van der Waals surface area contributed by atoms with Gasteiger partial charge in [0.2, 0.25) is 0 Å². The second-order valence-electron chi connectivity index (χ2n) is 2.38. The number of nitrogens with one attached hydrogen (secondary N) is 1. The molecule has 0 amide bonds. The summed E-state index contributed by atoms with van der Waals surface area (Å²) in [7, 11) is 0. The van der Waals surface area contributed by atoms with E-state index in [2.05, 4.69) is 51.9 Å². The van der Waals surface area contributed by atoms with Gasteiger partial charge in [-0.3, -0.25) is 4.79 Å². The molecule has 17 heavy (non-hydrogen) atoms. The van der Waals surface area contributed by atoms with Crippen molar-refractivity contribution in [2.45, 2.75) is 12.5 Å². The van der Waals surface area contributed by atoms with Crippen LogP contribution in [0.2, 0.25) is 0 Å². The Bertz CT molecular complexity index is 529. The van der Waals surface area contributed by atoms with E-state index >= 15 is 0 Å². The predicted molar refractivity (Wildman–Crippen MR) is 61.3 cm³/mol. The first-order chi connectivity index (χ1) is 8.22. The van der Waals surface area contributed by atoms with Crippen LogP contribution < -0.4 is 5.48 Å². The Morgan fingerprint density at radius 2 is 1.94 bits per heavy atom. The molecule has 0 saturated carbocycles. The van der Waals surface area contributed by atoms with Gasteiger partial charge in [0.05, 0.1) is 0 Å². The van der Waals surface area contributed by atoms with Crippen molar-refractivity contribution in [1.29, 1.82) is 0 Å². The predicted octanol–water partition coefficient (Wildman–Crippen LogP) is -0.415. The van der Waals surface area contributed by atoms with Crippen LogP contribution in [0.3, 0.4) is 0 Å². The molecule has 2 N–H and O–H groups in total. The van der Waals surface area contributed by atoms with Gasteiger partial charge in [0.15, 0.2) is 12.1 Å². The zero-order valence-corrected chi connectivity index (χ0v) is 8.70. The molecule has 0 spiro atoms. The molecular formula is C13H7NO3. The Morgan fingerprint density at radius 3 is 2.53 bits per heavy atom. The fraction of sp³-hybridized carbons (Fsp3) is 0.154. The van der Waals surface area contributed by atoms with Crippen LogP contribution in [0.4, 0.5) is 0 Å². The number of terminal acetylenes is 2. The lowest BCUT2D eigenvalue weighted by atomic mass is 10.2. The summed E-state index contributed by atoms with van der Waals surface area (Å²) in [6, 6.07) is -1.03. The molecule has 1 unspecified atom stereocenters. The first-order valence-electron chi connectivity index (χ1n) is 4.25. The first kappa shape index (κ1) is 14.0. The summed E-state index contributed by atoms with van der Waals surface area (Å²) in [5.74, 6) is 14.6. The van der Waals surface area contributed by atoms with Crippen LogP contribution in [0.15, 0.2) is 0 Å². The van der Waals surface area contributed by atoms with Gasteiger partial charge in [-0.15, -0.1) is 18.3 Å². The van der Waals surface area contributed by atoms with Crippen molar-refractivity contribution in [2.24, 2.45) is 0 Å². The van der Waals surface area contributed by atoms with E-state index in [1.54, 1.807) is 0 Å². The highest BCUT2D eigenvalue weighted by Crippen LogP contribution is 1.90. The lowest BCUT2D eigenvalue weighted by Gasteiger charge is -2.07. The smallest absolute Gasteiger partial charge is 0.325 e. The monoisotopic (exact) mass is 225 g/mol. The SMILES string of the molecule is C#CC#CC#CCC(NOC#CC#C)C(=O)O. The number of aliphatic carboxylic acids is 1. The number of rotatable bonds is 4. The molecule has 0 aliphatic rings. The molecule has 4 nitrogen and oxygen atoms in total. The van der Waals surface area contributed by atoms with E-state index in [1.807, 2.05) is 5.92 Å². The van der Waals surface area contributed by atoms with Crippen molar-refractivity contribution in [3.05, 3.63) is 0 Å². The van der Waals surface area contributed by atoms with Crippen molar-refractivity contribution in [3.8, 4) is 60.4 Å². The molecule has 0 aliphatic carbocycles. The Labute approximate surface area is 99.7 Å². The molecule has 0 aromatic heterocycles. The highest BCUT2D eigenvalue weighted by molar-refractivity contribution is 5.73. The molecule has 0 aromatic rings. The van der Waals surface area contributed by atoms with E-state index in [4.69, 9.17) is 18.0 Å². The molecule has 0 rings (SSSR count). The number of carboxylic acid groups (broad SMARTS) is 1. The Kier molecular flexibility index (Phi) is 7.91. The maximum absolute atomic E-state index is 10.7. The molecule has 0 bridgehead atoms. The fourth-order valence-electron chi connectivity index (χ4n) is 0.600. The number of hydrogen-bond donors (Lipinski definition) is 2. The minimum atomic E-state index is -1.13. The van der Waals surface area contributed by atoms with E-state index in [0.717, 1.165) is 0 Å². The van der Waals surface area contributed by atoms with E-state index in [0.29, 0.717) is 0 Å². The molecule has 82 valence electrons. The molecule has 1 atom stereocenters. The summed E-state index contributed by atoms with van der Waals surface area (Å²) < 4.78 is 0. The van der Waals surface area contributed by atoms with Gasteiger partial charge in [-0.25, -0.2) is 0 Å². The number of hydrogen-bond acceptors (Lipinski definition) is 3. The lowest BCUT2D eigenvalue weighted by molar-refractivity contribution is -0.142. The average molecular weight is 225 g/mol. The number of carboxylic acids is 1. The Morgan fingerprint density at radius 1 is 1.24 bits per heavy atom. The van der Waals surface area contributed by atoms with Crippen molar-refractivity contribution in [3.63, 3.8) is 0 Å². The normalized spacial score (nSPS) is 8.35. The maximum atomic E-state index is 10.7. The Hall–Kier alpha value is -2.97. The molecule has 0 fully saturated rings. The molecule has 0 heterocycles. The van der Waals surface area contributed by atoms with E-state index in [1.165, 1.54) is 0 Å². The number of hydroxylamine groups is 1. The minimum absolute atomic E-state index is 0.00762. The summed E-state index contributed by atoms with van der Waals surface area (Å²) in [6.07, 6.45) is 11.8. The van der Waals surface area contributed by atoms with Crippen molar-refractivity contribution < 1.29 is 14.7 Å². The molecule has 4 heteroatoms. The lowest BCUT2D eigenvalue weighted by Crippen LogP contribution is -2.35. The van der Waals surface area contributed by atoms with Crippen LogP contribution in [0.5, 0.6) is 0 Å². The van der Waals surface area contributed by atoms with E-state index < -0.39 is 12.0 Å². The first-order valence-corrected chi connectivity index (χ1v) is 4.25. The second-order valence-corrected chi connectivity index (χ2v) is 2.38. The Balaban J connectivity index is 4.26. The van der Waals surface area contributed by atoms with Crippen LogP contribution in [0.25, 0.3) is 0 Å². The van der Waals surface area contributed by atoms with Gasteiger partial charge in [0.25, 0.3) is 0 Å². The third-order valence-corrected chi connectivity index (χ3v) is 1.27. The van der Waals surface area contributed by atoms with Crippen molar-refractivity contribution in [2.75, 3.05) is 0 Å². The topological polar surface area (TPSA) is 58.6 Å². The van der Waals surface area contributed by atoms with Crippen LogP contribution in [-0.4, -0.2) is 17.1 Å². The zero-order chi connectivity index (χ0) is 12.9.